The van der Waals surface area contributed by atoms with Crippen LogP contribution < -0.4 is 4.48 Å². The van der Waals surface area contributed by atoms with Crippen LogP contribution in [0.3, 0.4) is 0 Å². The lowest BCUT2D eigenvalue weighted by Crippen LogP contribution is -2.53. The Morgan fingerprint density at radius 2 is 1.12 bits per heavy atom. The van der Waals surface area contributed by atoms with Gasteiger partial charge < -0.3 is 10.2 Å². The molecule has 3 nitrogen and oxygen atoms in total. The Morgan fingerprint density at radius 3 is 1.60 bits per heavy atom. The number of rotatable bonds is 16. The Hall–Kier alpha value is -0.900. The first kappa shape index (κ1) is 22.1. The summed E-state index contributed by atoms with van der Waals surface area (Å²) in [6, 6.07) is 10.4. The summed E-state index contributed by atoms with van der Waals surface area (Å²) in [5.74, 6) is 0. The number of unbranched alkanes of at least 4 members (excludes halogenated alkanes) is 9. The molecule has 0 fully saturated rings. The first-order valence-corrected chi connectivity index (χ1v) is 10.4. The number of aliphatic hydroxyl groups is 2. The van der Waals surface area contributed by atoms with E-state index < -0.39 is 0 Å². The number of hydrogen-bond acceptors (Lipinski definition) is 2. The third-order valence-corrected chi connectivity index (χ3v) is 5.30. The highest BCUT2D eigenvalue weighted by Crippen LogP contribution is 2.24. The van der Waals surface area contributed by atoms with Crippen LogP contribution >= 0.6 is 0 Å². The van der Waals surface area contributed by atoms with Crippen LogP contribution in [0.5, 0.6) is 0 Å². The molecule has 1 aromatic carbocycles. The van der Waals surface area contributed by atoms with E-state index in [0.29, 0.717) is 17.6 Å². The highest BCUT2D eigenvalue weighted by molar-refractivity contribution is 5.42. The highest BCUT2D eigenvalue weighted by atomic mass is 16.3. The molecule has 0 saturated heterocycles. The van der Waals surface area contributed by atoms with Gasteiger partial charge in [0.25, 0.3) is 0 Å². The quantitative estimate of drug-likeness (QED) is 0.329. The molecule has 0 aromatic heterocycles. The molecule has 0 aliphatic carbocycles. The van der Waals surface area contributed by atoms with E-state index in [2.05, 4.69) is 31.2 Å². The summed E-state index contributed by atoms with van der Waals surface area (Å²) in [6.07, 6.45) is 13.3. The van der Waals surface area contributed by atoms with Crippen LogP contribution in [-0.2, 0) is 0 Å². The van der Waals surface area contributed by atoms with Gasteiger partial charge >= 0.3 is 0 Å². The van der Waals surface area contributed by atoms with Crippen molar-refractivity contribution in [1.29, 1.82) is 0 Å². The largest absolute Gasteiger partial charge is 0.390 e. The van der Waals surface area contributed by atoms with Crippen molar-refractivity contribution in [1.82, 2.24) is 4.48 Å². The van der Waals surface area contributed by atoms with E-state index in [-0.39, 0.29) is 13.2 Å². The highest BCUT2D eigenvalue weighted by Gasteiger charge is 2.28. The van der Waals surface area contributed by atoms with E-state index in [9.17, 15) is 10.2 Å². The van der Waals surface area contributed by atoms with E-state index in [1.54, 1.807) is 0 Å². The van der Waals surface area contributed by atoms with E-state index in [0.717, 1.165) is 13.0 Å². The first-order chi connectivity index (χ1) is 12.3. The van der Waals surface area contributed by atoms with Gasteiger partial charge in [-0.1, -0.05) is 76.5 Å². The zero-order valence-electron chi connectivity index (χ0n) is 16.3. The van der Waals surface area contributed by atoms with Crippen molar-refractivity contribution in [2.45, 2.75) is 71.1 Å². The van der Waals surface area contributed by atoms with Crippen LogP contribution in [0.4, 0.5) is 5.69 Å². The Morgan fingerprint density at radius 1 is 0.640 bits per heavy atom. The Labute approximate surface area is 155 Å². The molecule has 0 atom stereocenters. The SMILES string of the molecule is CCCCCCCCCCCC[N+](CCO)(CCO)c1ccccc1. The molecule has 0 radical (unpaired) electrons. The molecule has 1 rings (SSSR count). The predicted octanol–water partition coefficient (Wildman–Crippen LogP) is 4.90. The maximum Gasteiger partial charge on any atom is 0.132 e. The van der Waals surface area contributed by atoms with Crippen LogP contribution in [0.15, 0.2) is 30.3 Å². The zero-order chi connectivity index (χ0) is 18.2. The minimum atomic E-state index is 0.159. The van der Waals surface area contributed by atoms with Gasteiger partial charge in [-0.2, -0.15) is 0 Å². The zero-order valence-corrected chi connectivity index (χ0v) is 16.3. The second-order valence-corrected chi connectivity index (χ2v) is 7.28. The normalized spacial score (nSPS) is 11.8. The maximum atomic E-state index is 9.55. The number of para-hydroxylation sites is 1. The lowest BCUT2D eigenvalue weighted by atomic mass is 10.1. The number of nitrogens with zero attached hydrogens (tertiary/aromatic N) is 1. The van der Waals surface area contributed by atoms with Crippen LogP contribution in [0.1, 0.15) is 71.1 Å². The Balaban J connectivity index is 2.34. The smallest absolute Gasteiger partial charge is 0.132 e. The van der Waals surface area contributed by atoms with Crippen molar-refractivity contribution >= 4 is 5.69 Å². The maximum absolute atomic E-state index is 9.55. The van der Waals surface area contributed by atoms with Crippen molar-refractivity contribution in [2.24, 2.45) is 0 Å². The standard InChI is InChI=1S/C22H40NO2/c1-2-3-4-5-6-7-8-9-10-14-17-23(18-20-24,19-21-25)22-15-12-11-13-16-22/h11-13,15-16,24-25H,2-10,14,17-21H2,1H3/q+1. The van der Waals surface area contributed by atoms with E-state index in [1.165, 1.54) is 63.5 Å². The summed E-state index contributed by atoms with van der Waals surface area (Å²) < 4.78 is 0.699. The van der Waals surface area contributed by atoms with Gasteiger partial charge in [0.15, 0.2) is 0 Å². The second-order valence-electron chi connectivity index (χ2n) is 7.28. The molecule has 25 heavy (non-hydrogen) atoms. The molecule has 0 saturated carbocycles. The monoisotopic (exact) mass is 350 g/mol. The molecule has 2 N–H and O–H groups in total. The average Bonchev–Trinajstić information content (AvgIpc) is 2.64. The van der Waals surface area contributed by atoms with Crippen molar-refractivity contribution < 1.29 is 10.2 Å². The summed E-state index contributed by atoms with van der Waals surface area (Å²) in [7, 11) is 0. The minimum Gasteiger partial charge on any atom is -0.390 e. The molecule has 0 spiro atoms. The van der Waals surface area contributed by atoms with Crippen molar-refractivity contribution in [3.8, 4) is 0 Å². The lowest BCUT2D eigenvalue weighted by molar-refractivity contribution is 0.160. The van der Waals surface area contributed by atoms with Gasteiger partial charge in [-0.15, -0.1) is 0 Å². The predicted molar refractivity (Wildman–Crippen MR) is 109 cm³/mol. The molecular formula is C22H40NO2+. The average molecular weight is 351 g/mol. The molecule has 0 heterocycles. The van der Waals surface area contributed by atoms with Crippen LogP contribution in [0, 0.1) is 0 Å². The summed E-state index contributed by atoms with van der Waals surface area (Å²) >= 11 is 0. The second kappa shape index (κ2) is 14.3. The molecule has 144 valence electrons. The molecular weight excluding hydrogens is 310 g/mol. The number of quaternary nitrogens is 1. The summed E-state index contributed by atoms with van der Waals surface area (Å²) in [5.41, 5.74) is 1.21. The Kier molecular flexibility index (Phi) is 12.7. The number of hydrogen-bond donors (Lipinski definition) is 2. The summed E-state index contributed by atoms with van der Waals surface area (Å²) in [5, 5.41) is 19.1. The topological polar surface area (TPSA) is 40.5 Å². The number of benzene rings is 1. The van der Waals surface area contributed by atoms with Gasteiger partial charge in [0.2, 0.25) is 0 Å². The lowest BCUT2D eigenvalue weighted by Gasteiger charge is -2.37. The first-order valence-electron chi connectivity index (χ1n) is 10.4. The minimum absolute atomic E-state index is 0.159. The fourth-order valence-corrected chi connectivity index (χ4v) is 3.75. The van der Waals surface area contributed by atoms with E-state index in [1.807, 2.05) is 6.07 Å². The van der Waals surface area contributed by atoms with E-state index in [4.69, 9.17) is 0 Å². The molecule has 0 aliphatic rings. The van der Waals surface area contributed by atoms with Crippen LogP contribution in [0.2, 0.25) is 0 Å². The van der Waals surface area contributed by atoms with Crippen molar-refractivity contribution in [3.05, 3.63) is 30.3 Å². The molecule has 0 unspecified atom stereocenters. The van der Waals surface area contributed by atoms with Gasteiger partial charge in [0.1, 0.15) is 18.8 Å². The van der Waals surface area contributed by atoms with Gasteiger partial charge in [-0.3, -0.25) is 4.48 Å². The van der Waals surface area contributed by atoms with Crippen molar-refractivity contribution in [2.75, 3.05) is 32.8 Å². The van der Waals surface area contributed by atoms with Gasteiger partial charge in [-0.05, 0) is 25.0 Å². The molecule has 1 aromatic rings. The third-order valence-electron chi connectivity index (χ3n) is 5.30. The third kappa shape index (κ3) is 8.84. The number of aliphatic hydroxyl groups excluding tert-OH is 2. The van der Waals surface area contributed by atoms with Crippen molar-refractivity contribution in [3.63, 3.8) is 0 Å². The fourth-order valence-electron chi connectivity index (χ4n) is 3.75. The summed E-state index contributed by atoms with van der Waals surface area (Å²) in [4.78, 5) is 0. The molecule has 0 bridgehead atoms. The Bertz CT molecular complexity index is 402. The van der Waals surface area contributed by atoms with Crippen LogP contribution in [-0.4, -0.2) is 43.1 Å². The van der Waals surface area contributed by atoms with Gasteiger partial charge in [0.05, 0.1) is 19.8 Å². The molecule has 3 heteroatoms. The summed E-state index contributed by atoms with van der Waals surface area (Å²) in [6.45, 7) is 4.95. The van der Waals surface area contributed by atoms with Gasteiger partial charge in [-0.25, -0.2) is 0 Å². The molecule has 0 amide bonds. The van der Waals surface area contributed by atoms with Gasteiger partial charge in [0, 0.05) is 0 Å². The molecule has 0 aliphatic heterocycles. The van der Waals surface area contributed by atoms with E-state index >= 15 is 0 Å². The fraction of sp³-hybridized carbons (Fsp3) is 0.727. The van der Waals surface area contributed by atoms with Crippen LogP contribution in [0.25, 0.3) is 0 Å².